The Labute approximate surface area is 128 Å². The Bertz CT molecular complexity index is 585. The van der Waals surface area contributed by atoms with Crippen LogP contribution in [0.3, 0.4) is 0 Å². The van der Waals surface area contributed by atoms with Crippen molar-refractivity contribution in [1.82, 2.24) is 0 Å². The van der Waals surface area contributed by atoms with Crippen LogP contribution in [-0.4, -0.2) is 17.3 Å². The van der Waals surface area contributed by atoms with E-state index in [0.717, 1.165) is 21.8 Å². The van der Waals surface area contributed by atoms with Gasteiger partial charge in [-0.05, 0) is 30.9 Å². The van der Waals surface area contributed by atoms with Gasteiger partial charge in [-0.3, -0.25) is 4.79 Å². The lowest BCUT2D eigenvalue weighted by molar-refractivity contribution is -0.141. The van der Waals surface area contributed by atoms with Gasteiger partial charge in [0.05, 0.1) is 24.3 Å². The van der Waals surface area contributed by atoms with Crippen molar-refractivity contribution in [3.05, 3.63) is 40.8 Å². The summed E-state index contributed by atoms with van der Waals surface area (Å²) in [4.78, 5) is 13.2. The van der Waals surface area contributed by atoms with Crippen molar-refractivity contribution in [1.29, 1.82) is 0 Å². The number of carbonyl (C=O) groups excluding carboxylic acids is 1. The van der Waals surface area contributed by atoms with Crippen LogP contribution >= 0.6 is 0 Å². The fraction of sp³-hybridized carbons (Fsp3) is 0.471. The van der Waals surface area contributed by atoms with Gasteiger partial charge < -0.3 is 4.74 Å². The van der Waals surface area contributed by atoms with Crippen molar-refractivity contribution in [3.63, 3.8) is 0 Å². The van der Waals surface area contributed by atoms with Crippen LogP contribution in [0.5, 0.6) is 0 Å². The first-order chi connectivity index (χ1) is 9.82. The predicted octanol–water partition coefficient (Wildman–Crippen LogP) is 3.60. The molecule has 0 aromatic heterocycles. The number of hydrogen-bond donors (Lipinski definition) is 0. The van der Waals surface area contributed by atoms with E-state index in [9.17, 15) is 9.00 Å². The molecule has 3 nitrogen and oxygen atoms in total. The Morgan fingerprint density at radius 3 is 2.52 bits per heavy atom. The molecule has 0 spiro atoms. The van der Waals surface area contributed by atoms with Crippen LogP contribution in [0.25, 0.3) is 0 Å². The van der Waals surface area contributed by atoms with Gasteiger partial charge in [0, 0.05) is 15.7 Å². The first-order valence-corrected chi connectivity index (χ1v) is 8.25. The average Bonchev–Trinajstić information content (AvgIpc) is 2.73. The van der Waals surface area contributed by atoms with Gasteiger partial charge in [-0.15, -0.1) is 0 Å². The second kappa shape index (κ2) is 6.14. The fourth-order valence-corrected chi connectivity index (χ4v) is 4.31. The average molecular weight is 306 g/mol. The third kappa shape index (κ3) is 3.82. The highest BCUT2D eigenvalue weighted by Crippen LogP contribution is 2.43. The molecule has 2 rings (SSSR count). The summed E-state index contributed by atoms with van der Waals surface area (Å²) in [5.74, 6) is -0.251. The van der Waals surface area contributed by atoms with Crippen molar-refractivity contribution in [2.24, 2.45) is 11.3 Å². The van der Waals surface area contributed by atoms with Gasteiger partial charge in [0.2, 0.25) is 0 Å². The van der Waals surface area contributed by atoms with E-state index in [4.69, 9.17) is 4.74 Å². The summed E-state index contributed by atoms with van der Waals surface area (Å²) in [5, 5.41) is 0. The van der Waals surface area contributed by atoms with Crippen molar-refractivity contribution < 1.29 is 13.7 Å². The van der Waals surface area contributed by atoms with Crippen LogP contribution < -0.4 is 0 Å². The molecule has 0 bridgehead atoms. The van der Waals surface area contributed by atoms with E-state index in [2.05, 4.69) is 19.9 Å². The standard InChI is InChI=1S/C17H22O3S/c1-12-5-7-14(8-6-12)21(19)15-11-17(2,3)10-13(15)9-16(18)20-4/h5-8,11,13H,9-10H2,1-4H3/t13-,21?/m0/s1. The number of rotatable bonds is 4. The van der Waals surface area contributed by atoms with Crippen molar-refractivity contribution in [3.8, 4) is 0 Å². The molecule has 4 heteroatoms. The first-order valence-electron chi connectivity index (χ1n) is 7.10. The van der Waals surface area contributed by atoms with E-state index in [1.54, 1.807) is 0 Å². The number of benzene rings is 1. The topological polar surface area (TPSA) is 43.4 Å². The minimum absolute atomic E-state index is 0.00501. The summed E-state index contributed by atoms with van der Waals surface area (Å²) in [6.45, 7) is 6.22. The van der Waals surface area contributed by atoms with Crippen LogP contribution in [0.2, 0.25) is 0 Å². The van der Waals surface area contributed by atoms with Crippen molar-refractivity contribution in [2.75, 3.05) is 7.11 Å². The van der Waals surface area contributed by atoms with Gasteiger partial charge in [-0.25, -0.2) is 4.21 Å². The van der Waals surface area contributed by atoms with Gasteiger partial charge in [0.1, 0.15) is 0 Å². The highest BCUT2D eigenvalue weighted by Gasteiger charge is 2.36. The summed E-state index contributed by atoms with van der Waals surface area (Å²) in [6.07, 6.45) is 3.19. The van der Waals surface area contributed by atoms with E-state index in [-0.39, 0.29) is 17.3 Å². The SMILES string of the molecule is COC(=O)C[C@H]1CC(C)(C)C=C1S(=O)c1ccc(C)cc1. The number of methoxy groups -OCH3 is 1. The van der Waals surface area contributed by atoms with Gasteiger partial charge in [-0.1, -0.05) is 37.6 Å². The second-order valence-electron chi connectivity index (χ2n) is 6.30. The molecule has 0 N–H and O–H groups in total. The maximum atomic E-state index is 12.8. The molecule has 0 radical (unpaired) electrons. The zero-order valence-electron chi connectivity index (χ0n) is 13.0. The molecule has 21 heavy (non-hydrogen) atoms. The minimum atomic E-state index is -1.21. The van der Waals surface area contributed by atoms with Gasteiger partial charge in [0.25, 0.3) is 0 Å². The van der Waals surface area contributed by atoms with Crippen LogP contribution in [0, 0.1) is 18.3 Å². The molecule has 114 valence electrons. The molecule has 0 fully saturated rings. The molecule has 0 aliphatic heterocycles. The van der Waals surface area contributed by atoms with E-state index >= 15 is 0 Å². The van der Waals surface area contributed by atoms with Crippen LogP contribution in [-0.2, 0) is 20.3 Å². The molecule has 1 aliphatic carbocycles. The van der Waals surface area contributed by atoms with E-state index < -0.39 is 10.8 Å². The minimum Gasteiger partial charge on any atom is -0.469 e. The number of aryl methyl sites for hydroxylation is 1. The molecule has 2 atom stereocenters. The quantitative estimate of drug-likeness (QED) is 0.798. The molecule has 1 aromatic carbocycles. The van der Waals surface area contributed by atoms with E-state index in [0.29, 0.717) is 6.42 Å². The van der Waals surface area contributed by atoms with Crippen LogP contribution in [0.1, 0.15) is 32.3 Å². The number of esters is 1. The largest absolute Gasteiger partial charge is 0.469 e. The molecular formula is C17H22O3S. The lowest BCUT2D eigenvalue weighted by Gasteiger charge is -2.17. The third-order valence-electron chi connectivity index (χ3n) is 3.80. The smallest absolute Gasteiger partial charge is 0.306 e. The lowest BCUT2D eigenvalue weighted by Crippen LogP contribution is -2.14. The Morgan fingerprint density at radius 2 is 1.95 bits per heavy atom. The Morgan fingerprint density at radius 1 is 1.33 bits per heavy atom. The molecule has 0 heterocycles. The van der Waals surface area contributed by atoms with Crippen LogP contribution in [0.4, 0.5) is 0 Å². The zero-order valence-corrected chi connectivity index (χ0v) is 13.8. The maximum absolute atomic E-state index is 12.8. The number of ether oxygens (including phenoxy) is 1. The van der Waals surface area contributed by atoms with Crippen molar-refractivity contribution >= 4 is 16.8 Å². The highest BCUT2D eigenvalue weighted by atomic mass is 32.2. The van der Waals surface area contributed by atoms with Gasteiger partial charge >= 0.3 is 5.97 Å². The maximum Gasteiger partial charge on any atom is 0.306 e. The third-order valence-corrected chi connectivity index (χ3v) is 5.38. The zero-order chi connectivity index (χ0) is 15.6. The molecule has 1 aromatic rings. The summed E-state index contributed by atoms with van der Waals surface area (Å²) >= 11 is 0. The molecule has 0 saturated carbocycles. The fourth-order valence-electron chi connectivity index (χ4n) is 2.76. The van der Waals surface area contributed by atoms with E-state index in [1.165, 1.54) is 7.11 Å². The molecule has 0 amide bonds. The molecule has 1 aliphatic rings. The Balaban J connectivity index is 2.27. The first kappa shape index (κ1) is 16.0. The monoisotopic (exact) mass is 306 g/mol. The normalized spacial score (nSPS) is 21.7. The number of hydrogen-bond acceptors (Lipinski definition) is 3. The van der Waals surface area contributed by atoms with E-state index in [1.807, 2.05) is 31.2 Å². The number of carbonyl (C=O) groups is 1. The Kier molecular flexibility index (Phi) is 4.67. The highest BCUT2D eigenvalue weighted by molar-refractivity contribution is 7.89. The summed E-state index contributed by atoms with van der Waals surface area (Å²) in [6, 6.07) is 7.71. The lowest BCUT2D eigenvalue weighted by atomic mass is 9.89. The Hall–Kier alpha value is -1.42. The predicted molar refractivity (Wildman–Crippen MR) is 84.2 cm³/mol. The van der Waals surface area contributed by atoms with Gasteiger partial charge in [-0.2, -0.15) is 0 Å². The van der Waals surface area contributed by atoms with Gasteiger partial charge in [0.15, 0.2) is 0 Å². The molecule has 0 saturated heterocycles. The summed E-state index contributed by atoms with van der Waals surface area (Å²) in [5.41, 5.74) is 1.11. The van der Waals surface area contributed by atoms with Crippen LogP contribution in [0.15, 0.2) is 40.1 Å². The second-order valence-corrected chi connectivity index (χ2v) is 7.78. The molecular weight excluding hydrogens is 284 g/mol. The molecule has 1 unspecified atom stereocenters. The number of allylic oxidation sites excluding steroid dienone is 2. The summed E-state index contributed by atoms with van der Waals surface area (Å²) < 4.78 is 17.6. The van der Waals surface area contributed by atoms with Crippen molar-refractivity contribution in [2.45, 2.75) is 38.5 Å². The summed E-state index contributed by atoms with van der Waals surface area (Å²) in [7, 11) is 0.183.